The lowest BCUT2D eigenvalue weighted by Gasteiger charge is -2.07. The number of hydrogen-bond acceptors (Lipinski definition) is 3. The quantitative estimate of drug-likeness (QED) is 0.941. The van der Waals surface area contributed by atoms with Crippen molar-refractivity contribution in [2.24, 2.45) is 0 Å². The molecule has 0 saturated carbocycles. The van der Waals surface area contributed by atoms with Crippen LogP contribution in [0.15, 0.2) is 52.1 Å². The highest BCUT2D eigenvalue weighted by Crippen LogP contribution is 2.18. The molecule has 0 saturated heterocycles. The molecule has 1 aromatic heterocycles. The lowest BCUT2D eigenvalue weighted by atomic mass is 10.4. The minimum atomic E-state index is -3.80. The van der Waals surface area contributed by atoms with Gasteiger partial charge < -0.3 is 0 Å². The summed E-state index contributed by atoms with van der Waals surface area (Å²) >= 11 is 3.18. The van der Waals surface area contributed by atoms with Gasteiger partial charge in [0.15, 0.2) is 0 Å². The molecule has 1 aromatic carbocycles. The standard InChI is InChI=1S/C11H8BrFN2O2S/c12-8-4-10(7-14-6-8)15-18(16,17)11-3-1-2-9(13)5-11/h1-7,15H. The van der Waals surface area contributed by atoms with Crippen LogP contribution in [0.3, 0.4) is 0 Å². The van der Waals surface area contributed by atoms with Crippen LogP contribution in [-0.4, -0.2) is 13.4 Å². The fourth-order valence-electron chi connectivity index (χ4n) is 1.32. The zero-order valence-corrected chi connectivity index (χ0v) is 11.4. The number of rotatable bonds is 3. The van der Waals surface area contributed by atoms with Gasteiger partial charge in [0.2, 0.25) is 0 Å². The predicted octanol–water partition coefficient (Wildman–Crippen LogP) is 2.78. The van der Waals surface area contributed by atoms with Gasteiger partial charge in [0.25, 0.3) is 10.0 Å². The first-order chi connectivity index (χ1) is 8.47. The lowest BCUT2D eigenvalue weighted by molar-refractivity contribution is 0.595. The smallest absolute Gasteiger partial charge is 0.262 e. The summed E-state index contributed by atoms with van der Waals surface area (Å²) in [6.45, 7) is 0. The zero-order valence-electron chi connectivity index (χ0n) is 8.97. The molecule has 1 N–H and O–H groups in total. The van der Waals surface area contributed by atoms with Gasteiger partial charge in [-0.25, -0.2) is 12.8 Å². The maximum atomic E-state index is 13.0. The molecule has 0 atom stereocenters. The van der Waals surface area contributed by atoms with Gasteiger partial charge in [-0.15, -0.1) is 0 Å². The Balaban J connectivity index is 2.33. The Morgan fingerprint density at radius 3 is 2.67 bits per heavy atom. The number of halogens is 2. The van der Waals surface area contributed by atoms with Crippen LogP contribution in [0, 0.1) is 5.82 Å². The molecule has 0 spiro atoms. The van der Waals surface area contributed by atoms with Gasteiger partial charge in [-0.1, -0.05) is 6.07 Å². The summed E-state index contributed by atoms with van der Waals surface area (Å²) in [6, 6.07) is 6.34. The SMILES string of the molecule is O=S(=O)(Nc1cncc(Br)c1)c1cccc(F)c1. The van der Waals surface area contributed by atoms with Gasteiger partial charge in [-0.2, -0.15) is 0 Å². The van der Waals surface area contributed by atoms with E-state index in [2.05, 4.69) is 25.6 Å². The van der Waals surface area contributed by atoms with Crippen LogP contribution in [0.2, 0.25) is 0 Å². The van der Waals surface area contributed by atoms with E-state index in [1.807, 2.05) is 0 Å². The van der Waals surface area contributed by atoms with E-state index in [-0.39, 0.29) is 4.90 Å². The molecule has 0 aliphatic heterocycles. The molecule has 1 heterocycles. The number of pyridine rings is 1. The van der Waals surface area contributed by atoms with Crippen molar-refractivity contribution in [1.29, 1.82) is 0 Å². The van der Waals surface area contributed by atoms with Crippen LogP contribution in [0.1, 0.15) is 0 Å². The van der Waals surface area contributed by atoms with E-state index in [0.717, 1.165) is 6.07 Å². The summed E-state index contributed by atoms with van der Waals surface area (Å²) in [4.78, 5) is 3.70. The second-order valence-corrected chi connectivity index (χ2v) is 6.05. The van der Waals surface area contributed by atoms with Crippen molar-refractivity contribution in [2.75, 3.05) is 4.72 Å². The fourth-order valence-corrected chi connectivity index (χ4v) is 2.75. The van der Waals surface area contributed by atoms with Crippen molar-refractivity contribution in [3.8, 4) is 0 Å². The van der Waals surface area contributed by atoms with Crippen LogP contribution in [0.5, 0.6) is 0 Å². The maximum absolute atomic E-state index is 13.0. The third-order valence-electron chi connectivity index (χ3n) is 2.06. The second-order valence-electron chi connectivity index (χ2n) is 3.45. The van der Waals surface area contributed by atoms with E-state index >= 15 is 0 Å². The van der Waals surface area contributed by atoms with Gasteiger partial charge in [-0.3, -0.25) is 9.71 Å². The summed E-state index contributed by atoms with van der Waals surface area (Å²) in [5.41, 5.74) is 0.300. The Kier molecular flexibility index (Phi) is 3.63. The van der Waals surface area contributed by atoms with Crippen LogP contribution in [0.4, 0.5) is 10.1 Å². The molecule has 2 rings (SSSR count). The Hall–Kier alpha value is -1.47. The van der Waals surface area contributed by atoms with Crippen LogP contribution in [-0.2, 0) is 10.0 Å². The lowest BCUT2D eigenvalue weighted by Crippen LogP contribution is -2.13. The highest BCUT2D eigenvalue weighted by molar-refractivity contribution is 9.10. The van der Waals surface area contributed by atoms with Crippen molar-refractivity contribution in [3.05, 3.63) is 53.0 Å². The largest absolute Gasteiger partial charge is 0.278 e. The molecule has 0 fully saturated rings. The van der Waals surface area contributed by atoms with Gasteiger partial charge in [-0.05, 0) is 40.2 Å². The van der Waals surface area contributed by atoms with E-state index in [1.165, 1.54) is 30.6 Å². The molecule has 0 radical (unpaired) electrons. The van der Waals surface area contributed by atoms with Crippen LogP contribution < -0.4 is 4.72 Å². The van der Waals surface area contributed by atoms with E-state index in [4.69, 9.17) is 0 Å². The minimum absolute atomic E-state index is 0.137. The van der Waals surface area contributed by atoms with E-state index < -0.39 is 15.8 Å². The summed E-state index contributed by atoms with van der Waals surface area (Å²) in [5, 5.41) is 0. The number of benzene rings is 1. The van der Waals surface area contributed by atoms with Gasteiger partial charge in [0, 0.05) is 10.7 Å². The zero-order chi connectivity index (χ0) is 13.2. The van der Waals surface area contributed by atoms with Crippen LogP contribution >= 0.6 is 15.9 Å². The molecule has 7 heteroatoms. The molecule has 0 amide bonds. The van der Waals surface area contributed by atoms with Gasteiger partial charge in [0.05, 0.1) is 16.8 Å². The number of anilines is 1. The summed E-state index contributed by atoms with van der Waals surface area (Å²) in [6.07, 6.45) is 2.89. The normalized spacial score (nSPS) is 11.2. The third-order valence-corrected chi connectivity index (χ3v) is 3.88. The average molecular weight is 331 g/mol. The number of sulfonamides is 1. The van der Waals surface area contributed by atoms with Crippen molar-refractivity contribution >= 4 is 31.6 Å². The van der Waals surface area contributed by atoms with E-state index in [0.29, 0.717) is 10.2 Å². The summed E-state index contributed by atoms with van der Waals surface area (Å²) in [5.74, 6) is -0.606. The Morgan fingerprint density at radius 2 is 2.00 bits per heavy atom. The fraction of sp³-hybridized carbons (Fsp3) is 0. The Bertz CT molecular complexity index is 676. The Labute approximate surface area is 112 Å². The summed E-state index contributed by atoms with van der Waals surface area (Å²) < 4.78 is 39.8. The molecule has 4 nitrogen and oxygen atoms in total. The van der Waals surface area contributed by atoms with Gasteiger partial charge in [0.1, 0.15) is 5.82 Å². The molecule has 18 heavy (non-hydrogen) atoms. The van der Waals surface area contributed by atoms with E-state index in [9.17, 15) is 12.8 Å². The van der Waals surface area contributed by atoms with Crippen molar-refractivity contribution < 1.29 is 12.8 Å². The van der Waals surface area contributed by atoms with E-state index in [1.54, 1.807) is 6.07 Å². The minimum Gasteiger partial charge on any atom is -0.278 e. The number of hydrogen-bond donors (Lipinski definition) is 1. The second kappa shape index (κ2) is 5.03. The Morgan fingerprint density at radius 1 is 1.22 bits per heavy atom. The van der Waals surface area contributed by atoms with Crippen molar-refractivity contribution in [1.82, 2.24) is 4.98 Å². The molecule has 0 aliphatic carbocycles. The van der Waals surface area contributed by atoms with Crippen molar-refractivity contribution in [3.63, 3.8) is 0 Å². The molecular weight excluding hydrogens is 323 g/mol. The number of nitrogens with zero attached hydrogens (tertiary/aromatic N) is 1. The molecule has 0 aliphatic rings. The molecular formula is C11H8BrFN2O2S. The molecule has 94 valence electrons. The van der Waals surface area contributed by atoms with Gasteiger partial charge >= 0.3 is 0 Å². The molecule has 0 unspecified atom stereocenters. The monoisotopic (exact) mass is 330 g/mol. The first-order valence-corrected chi connectivity index (χ1v) is 7.14. The molecule has 0 bridgehead atoms. The van der Waals surface area contributed by atoms with Crippen LogP contribution in [0.25, 0.3) is 0 Å². The highest BCUT2D eigenvalue weighted by Gasteiger charge is 2.14. The highest BCUT2D eigenvalue weighted by atomic mass is 79.9. The van der Waals surface area contributed by atoms with Crippen molar-refractivity contribution in [2.45, 2.75) is 4.90 Å². The maximum Gasteiger partial charge on any atom is 0.262 e. The number of aromatic nitrogens is 1. The summed E-state index contributed by atoms with van der Waals surface area (Å²) in [7, 11) is -3.80. The topological polar surface area (TPSA) is 59.1 Å². The average Bonchev–Trinajstić information content (AvgIpc) is 2.28. The molecule has 2 aromatic rings. The first-order valence-electron chi connectivity index (χ1n) is 4.86. The predicted molar refractivity (Wildman–Crippen MR) is 69.1 cm³/mol. The number of nitrogens with one attached hydrogen (secondary N) is 1. The first kappa shape index (κ1) is 13.0. The third kappa shape index (κ3) is 3.05.